The molecular weight excluding hydrogens is 242 g/mol. The molecule has 0 rings (SSSR count). The number of nitrogens with two attached hydrogens (primary N) is 1. The van der Waals surface area contributed by atoms with Crippen molar-refractivity contribution in [1.29, 1.82) is 0 Å². The number of hydrogen-bond acceptors (Lipinski definition) is 4. The van der Waals surface area contributed by atoms with Crippen LogP contribution in [0.4, 0.5) is 0 Å². The predicted octanol–water partition coefficient (Wildman–Crippen LogP) is 0.977. The van der Waals surface area contributed by atoms with Gasteiger partial charge in [-0.3, -0.25) is 4.79 Å². The summed E-state index contributed by atoms with van der Waals surface area (Å²) in [7, 11) is 2.07. The van der Waals surface area contributed by atoms with Crippen molar-refractivity contribution in [3.63, 3.8) is 0 Å². The first-order valence-electron chi connectivity index (χ1n) is 7.17. The van der Waals surface area contributed by atoms with E-state index in [4.69, 9.17) is 10.5 Å². The van der Waals surface area contributed by atoms with E-state index in [9.17, 15) is 4.79 Å². The molecule has 0 aromatic rings. The third-order valence-electron chi connectivity index (χ3n) is 3.25. The van der Waals surface area contributed by atoms with Gasteiger partial charge < -0.3 is 20.7 Å². The summed E-state index contributed by atoms with van der Waals surface area (Å²) in [5.74, 6) is -0.278. The summed E-state index contributed by atoms with van der Waals surface area (Å²) in [6.07, 6.45) is 1.97. The largest absolute Gasteiger partial charge is 0.377 e. The van der Waals surface area contributed by atoms with Gasteiger partial charge in [-0.05, 0) is 53.8 Å². The number of likely N-dealkylation sites (N-methyl/N-ethyl adjacent to an activating group) is 2. The first-order valence-corrected chi connectivity index (χ1v) is 7.17. The van der Waals surface area contributed by atoms with Crippen molar-refractivity contribution in [2.45, 2.75) is 52.2 Å². The molecule has 1 atom stereocenters. The molecule has 0 aliphatic rings. The van der Waals surface area contributed by atoms with Crippen molar-refractivity contribution >= 4 is 5.91 Å². The minimum atomic E-state index is -0.593. The lowest BCUT2D eigenvalue weighted by molar-refractivity contribution is -0.124. The molecular formula is C14H31N3O2. The Hall–Kier alpha value is -0.650. The standard InChI is InChI=1S/C14H31N3O2/c1-6-16-14(4,13(15)18)8-7-9-17(5)10-11-19-12(2)3/h12,16H,6-11H2,1-5H3,(H2,15,18). The van der Waals surface area contributed by atoms with Crippen molar-refractivity contribution < 1.29 is 9.53 Å². The van der Waals surface area contributed by atoms with Gasteiger partial charge in [-0.15, -0.1) is 0 Å². The first kappa shape index (κ1) is 18.4. The van der Waals surface area contributed by atoms with Gasteiger partial charge in [-0.25, -0.2) is 0 Å². The van der Waals surface area contributed by atoms with Crippen LogP contribution in [0.3, 0.4) is 0 Å². The second kappa shape index (κ2) is 9.28. The van der Waals surface area contributed by atoms with E-state index in [-0.39, 0.29) is 12.0 Å². The lowest BCUT2D eigenvalue weighted by atomic mass is 9.95. The minimum Gasteiger partial charge on any atom is -0.377 e. The highest BCUT2D eigenvalue weighted by Crippen LogP contribution is 2.12. The summed E-state index contributed by atoms with van der Waals surface area (Å²) in [5, 5.41) is 3.17. The molecule has 0 aromatic carbocycles. The van der Waals surface area contributed by atoms with Gasteiger partial charge in [0.15, 0.2) is 0 Å². The summed E-state index contributed by atoms with van der Waals surface area (Å²) in [6, 6.07) is 0. The fourth-order valence-electron chi connectivity index (χ4n) is 1.95. The van der Waals surface area contributed by atoms with Crippen LogP contribution in [-0.4, -0.2) is 55.7 Å². The topological polar surface area (TPSA) is 67.6 Å². The number of carbonyl (C=O) groups is 1. The van der Waals surface area contributed by atoms with Crippen molar-refractivity contribution in [3.05, 3.63) is 0 Å². The van der Waals surface area contributed by atoms with E-state index in [1.165, 1.54) is 0 Å². The summed E-state index contributed by atoms with van der Waals surface area (Å²) < 4.78 is 5.51. The van der Waals surface area contributed by atoms with Crippen LogP contribution >= 0.6 is 0 Å². The Morgan fingerprint density at radius 2 is 2.05 bits per heavy atom. The number of hydrogen-bond donors (Lipinski definition) is 2. The smallest absolute Gasteiger partial charge is 0.237 e. The SMILES string of the molecule is CCNC(C)(CCCN(C)CCOC(C)C)C(N)=O. The van der Waals surface area contributed by atoms with Gasteiger partial charge in [0.2, 0.25) is 5.91 Å². The Morgan fingerprint density at radius 1 is 1.42 bits per heavy atom. The highest BCUT2D eigenvalue weighted by Gasteiger charge is 2.29. The van der Waals surface area contributed by atoms with Gasteiger partial charge >= 0.3 is 0 Å². The monoisotopic (exact) mass is 273 g/mol. The molecule has 1 unspecified atom stereocenters. The zero-order valence-corrected chi connectivity index (χ0v) is 13.2. The molecule has 5 heteroatoms. The van der Waals surface area contributed by atoms with Crippen molar-refractivity contribution in [3.8, 4) is 0 Å². The number of primary amides is 1. The molecule has 0 heterocycles. The maximum atomic E-state index is 11.5. The van der Waals surface area contributed by atoms with Crippen LogP contribution in [0, 0.1) is 0 Å². The van der Waals surface area contributed by atoms with Crippen LogP contribution in [0.25, 0.3) is 0 Å². The van der Waals surface area contributed by atoms with Crippen molar-refractivity contribution in [2.75, 3.05) is 33.3 Å². The molecule has 0 saturated heterocycles. The van der Waals surface area contributed by atoms with E-state index >= 15 is 0 Å². The molecule has 0 aliphatic heterocycles. The number of nitrogens with zero attached hydrogens (tertiary/aromatic N) is 1. The second-order valence-electron chi connectivity index (χ2n) is 5.55. The van der Waals surface area contributed by atoms with E-state index in [0.717, 1.165) is 39.1 Å². The normalized spacial score (nSPS) is 14.9. The maximum absolute atomic E-state index is 11.5. The lowest BCUT2D eigenvalue weighted by Crippen LogP contribution is -2.53. The summed E-state index contributed by atoms with van der Waals surface area (Å²) in [4.78, 5) is 13.7. The fraction of sp³-hybridized carbons (Fsp3) is 0.929. The van der Waals surface area contributed by atoms with E-state index in [1.807, 2.05) is 27.7 Å². The highest BCUT2D eigenvalue weighted by molar-refractivity contribution is 5.84. The van der Waals surface area contributed by atoms with E-state index in [0.29, 0.717) is 0 Å². The molecule has 114 valence electrons. The molecule has 0 radical (unpaired) electrons. The zero-order valence-electron chi connectivity index (χ0n) is 13.2. The Morgan fingerprint density at radius 3 is 2.53 bits per heavy atom. The molecule has 3 N–H and O–H groups in total. The molecule has 0 fully saturated rings. The third kappa shape index (κ3) is 8.18. The van der Waals surface area contributed by atoms with Crippen LogP contribution in [0.15, 0.2) is 0 Å². The van der Waals surface area contributed by atoms with Crippen LogP contribution in [-0.2, 0) is 9.53 Å². The van der Waals surface area contributed by atoms with E-state index in [1.54, 1.807) is 0 Å². The molecule has 0 aliphatic carbocycles. The van der Waals surface area contributed by atoms with Gasteiger partial charge in [-0.2, -0.15) is 0 Å². The maximum Gasteiger partial charge on any atom is 0.237 e. The van der Waals surface area contributed by atoms with Crippen molar-refractivity contribution in [2.24, 2.45) is 5.73 Å². The molecule has 0 spiro atoms. The highest BCUT2D eigenvalue weighted by atomic mass is 16.5. The average molecular weight is 273 g/mol. The Kier molecular flexibility index (Phi) is 8.97. The van der Waals surface area contributed by atoms with Gasteiger partial charge in [-0.1, -0.05) is 6.92 Å². The van der Waals surface area contributed by atoms with Gasteiger partial charge in [0, 0.05) is 6.54 Å². The number of carbonyl (C=O) groups excluding carboxylic acids is 1. The van der Waals surface area contributed by atoms with E-state index in [2.05, 4.69) is 17.3 Å². The van der Waals surface area contributed by atoms with Gasteiger partial charge in [0.05, 0.1) is 18.2 Å². The minimum absolute atomic E-state index is 0.278. The number of ether oxygens (including phenoxy) is 1. The molecule has 5 nitrogen and oxygen atoms in total. The second-order valence-corrected chi connectivity index (χ2v) is 5.55. The van der Waals surface area contributed by atoms with Crippen molar-refractivity contribution in [1.82, 2.24) is 10.2 Å². The van der Waals surface area contributed by atoms with E-state index < -0.39 is 5.54 Å². The first-order chi connectivity index (χ1) is 8.81. The number of nitrogens with one attached hydrogen (secondary N) is 1. The number of amides is 1. The fourth-order valence-corrected chi connectivity index (χ4v) is 1.95. The third-order valence-corrected chi connectivity index (χ3v) is 3.25. The number of rotatable bonds is 11. The summed E-state index contributed by atoms with van der Waals surface area (Å²) in [5.41, 5.74) is 4.86. The molecule has 19 heavy (non-hydrogen) atoms. The molecule has 0 saturated carbocycles. The Labute approximate surface area is 117 Å². The quantitative estimate of drug-likeness (QED) is 0.589. The van der Waals surface area contributed by atoms with Crippen LogP contribution < -0.4 is 11.1 Å². The lowest BCUT2D eigenvalue weighted by Gasteiger charge is -2.28. The molecule has 0 aromatic heterocycles. The van der Waals surface area contributed by atoms with Crippen LogP contribution in [0.5, 0.6) is 0 Å². The average Bonchev–Trinajstić information content (AvgIpc) is 2.28. The summed E-state index contributed by atoms with van der Waals surface area (Å²) >= 11 is 0. The Balaban J connectivity index is 3.89. The molecule has 1 amide bonds. The zero-order chi connectivity index (χ0) is 14.9. The predicted molar refractivity (Wildman–Crippen MR) is 79.1 cm³/mol. The Bertz CT molecular complexity index is 259. The van der Waals surface area contributed by atoms with Crippen LogP contribution in [0.2, 0.25) is 0 Å². The van der Waals surface area contributed by atoms with Gasteiger partial charge in [0.1, 0.15) is 0 Å². The van der Waals surface area contributed by atoms with Crippen LogP contribution in [0.1, 0.15) is 40.5 Å². The summed E-state index contributed by atoms with van der Waals surface area (Å²) in [6.45, 7) is 11.3. The molecule has 0 bridgehead atoms. The van der Waals surface area contributed by atoms with Gasteiger partial charge in [0.25, 0.3) is 0 Å².